The Hall–Kier alpha value is -0.840. The number of likely N-dealkylation sites (tertiary alicyclic amines) is 1. The summed E-state index contributed by atoms with van der Waals surface area (Å²) in [6.45, 7) is 4.60. The number of aromatic nitrogens is 1. The zero-order chi connectivity index (χ0) is 13.0. The van der Waals surface area contributed by atoms with Gasteiger partial charge in [-0.15, -0.1) is 24.8 Å². The highest BCUT2D eigenvalue weighted by molar-refractivity contribution is 5.95. The summed E-state index contributed by atoms with van der Waals surface area (Å²) in [5.74, 6) is 0.700. The number of hydrogen-bond donors (Lipinski definition) is 1. The van der Waals surface area contributed by atoms with Crippen LogP contribution in [0.5, 0.6) is 0 Å². The predicted octanol–water partition coefficient (Wildman–Crippen LogP) is 2.31. The maximum atomic E-state index is 12.4. The lowest BCUT2D eigenvalue weighted by atomic mass is 9.97. The van der Waals surface area contributed by atoms with E-state index in [2.05, 4.69) is 10.3 Å². The maximum Gasteiger partial charge on any atom is 0.255 e. The summed E-state index contributed by atoms with van der Waals surface area (Å²) in [7, 11) is 1.96. The van der Waals surface area contributed by atoms with Gasteiger partial charge in [0.15, 0.2) is 0 Å². The number of nitrogens with zero attached hydrogens (tertiary/aromatic N) is 2. The van der Waals surface area contributed by atoms with Crippen LogP contribution in [0.25, 0.3) is 0 Å². The molecular weight excluding hydrogens is 297 g/mol. The Labute approximate surface area is 133 Å². The molecule has 1 aliphatic heterocycles. The molecule has 2 rings (SSSR count). The van der Waals surface area contributed by atoms with Crippen LogP contribution in [0.1, 0.15) is 28.9 Å². The van der Waals surface area contributed by atoms with Crippen molar-refractivity contribution < 1.29 is 4.79 Å². The molecule has 4 nitrogen and oxygen atoms in total. The fourth-order valence-corrected chi connectivity index (χ4v) is 2.59. The van der Waals surface area contributed by atoms with Crippen LogP contribution in [0, 0.1) is 12.8 Å². The van der Waals surface area contributed by atoms with E-state index in [0.717, 1.165) is 37.3 Å². The molecule has 0 aliphatic carbocycles. The zero-order valence-corrected chi connectivity index (χ0v) is 13.6. The molecule has 0 radical (unpaired) electrons. The first kappa shape index (κ1) is 19.2. The molecule has 20 heavy (non-hydrogen) atoms. The van der Waals surface area contributed by atoms with Gasteiger partial charge in [0.25, 0.3) is 5.91 Å². The molecule has 1 amide bonds. The molecule has 0 spiro atoms. The quantitative estimate of drug-likeness (QED) is 0.929. The van der Waals surface area contributed by atoms with E-state index in [-0.39, 0.29) is 30.7 Å². The highest BCUT2D eigenvalue weighted by atomic mass is 35.5. The van der Waals surface area contributed by atoms with E-state index in [0.29, 0.717) is 5.92 Å². The van der Waals surface area contributed by atoms with Crippen LogP contribution in [0.2, 0.25) is 0 Å². The van der Waals surface area contributed by atoms with E-state index in [1.54, 1.807) is 6.20 Å². The van der Waals surface area contributed by atoms with Gasteiger partial charge >= 0.3 is 0 Å². The molecule has 1 aromatic rings. The average molecular weight is 320 g/mol. The highest BCUT2D eigenvalue weighted by Gasteiger charge is 2.24. The van der Waals surface area contributed by atoms with Gasteiger partial charge in [-0.1, -0.05) is 0 Å². The predicted molar refractivity (Wildman–Crippen MR) is 86.0 cm³/mol. The van der Waals surface area contributed by atoms with Crippen LogP contribution < -0.4 is 5.32 Å². The number of aryl methyl sites for hydroxylation is 1. The van der Waals surface area contributed by atoms with Gasteiger partial charge in [0, 0.05) is 25.0 Å². The number of piperidine rings is 1. The normalized spacial score (nSPS) is 17.9. The van der Waals surface area contributed by atoms with Gasteiger partial charge in [-0.2, -0.15) is 0 Å². The fourth-order valence-electron chi connectivity index (χ4n) is 2.59. The standard InChI is InChI=1S/C14H21N3O.2ClH/c1-11-13(6-3-7-16-11)14(18)17-8-4-5-12(10-17)9-15-2;;/h3,6-7,12,15H,4-5,8-10H2,1-2H3;2*1H. The van der Waals surface area contributed by atoms with E-state index in [1.807, 2.05) is 31.0 Å². The molecule has 114 valence electrons. The number of hydrogen-bond acceptors (Lipinski definition) is 3. The van der Waals surface area contributed by atoms with Crippen LogP contribution >= 0.6 is 24.8 Å². The Bertz CT molecular complexity index is 427. The molecule has 0 aromatic carbocycles. The van der Waals surface area contributed by atoms with E-state index in [1.165, 1.54) is 6.42 Å². The third-order valence-electron chi connectivity index (χ3n) is 3.54. The Morgan fingerprint density at radius 3 is 2.90 bits per heavy atom. The molecule has 1 fully saturated rings. The van der Waals surface area contributed by atoms with E-state index in [9.17, 15) is 4.79 Å². The van der Waals surface area contributed by atoms with Crippen LogP contribution in [0.3, 0.4) is 0 Å². The minimum atomic E-state index is 0. The second-order valence-electron chi connectivity index (χ2n) is 4.95. The van der Waals surface area contributed by atoms with Crippen LogP contribution in [-0.2, 0) is 0 Å². The van der Waals surface area contributed by atoms with Crippen LogP contribution in [-0.4, -0.2) is 42.5 Å². The van der Waals surface area contributed by atoms with Crippen molar-refractivity contribution in [3.63, 3.8) is 0 Å². The van der Waals surface area contributed by atoms with Crippen LogP contribution in [0.4, 0.5) is 0 Å². The Morgan fingerprint density at radius 2 is 2.25 bits per heavy atom. The second kappa shape index (κ2) is 9.16. The number of nitrogens with one attached hydrogen (secondary N) is 1. The molecule has 1 N–H and O–H groups in total. The van der Waals surface area contributed by atoms with E-state index >= 15 is 0 Å². The minimum absolute atomic E-state index is 0. The lowest BCUT2D eigenvalue weighted by Gasteiger charge is -2.33. The molecule has 0 saturated carbocycles. The lowest BCUT2D eigenvalue weighted by molar-refractivity contribution is 0.0673. The summed E-state index contributed by atoms with van der Waals surface area (Å²) < 4.78 is 0. The van der Waals surface area contributed by atoms with Gasteiger partial charge in [-0.25, -0.2) is 0 Å². The molecule has 1 unspecified atom stereocenters. The summed E-state index contributed by atoms with van der Waals surface area (Å²) in [5.41, 5.74) is 1.56. The molecule has 1 aromatic heterocycles. The largest absolute Gasteiger partial charge is 0.338 e. The Kier molecular flexibility index (Phi) is 8.78. The van der Waals surface area contributed by atoms with Gasteiger partial charge in [0.1, 0.15) is 0 Å². The first-order valence-corrected chi connectivity index (χ1v) is 6.58. The number of pyridine rings is 1. The fraction of sp³-hybridized carbons (Fsp3) is 0.571. The molecule has 1 saturated heterocycles. The molecule has 2 heterocycles. The maximum absolute atomic E-state index is 12.4. The summed E-state index contributed by atoms with van der Waals surface area (Å²) >= 11 is 0. The monoisotopic (exact) mass is 319 g/mol. The molecular formula is C14H23Cl2N3O. The van der Waals surface area contributed by atoms with Crippen molar-refractivity contribution in [2.75, 3.05) is 26.7 Å². The number of carbonyl (C=O) groups excluding carboxylic acids is 1. The number of rotatable bonds is 3. The average Bonchev–Trinajstić information content (AvgIpc) is 2.39. The van der Waals surface area contributed by atoms with Gasteiger partial charge in [-0.3, -0.25) is 9.78 Å². The molecule has 6 heteroatoms. The van der Waals surface area contributed by atoms with Crippen molar-refractivity contribution in [3.8, 4) is 0 Å². The molecule has 1 atom stereocenters. The smallest absolute Gasteiger partial charge is 0.255 e. The lowest BCUT2D eigenvalue weighted by Crippen LogP contribution is -2.42. The third-order valence-corrected chi connectivity index (χ3v) is 3.54. The molecule has 0 bridgehead atoms. The number of halogens is 2. The van der Waals surface area contributed by atoms with E-state index < -0.39 is 0 Å². The highest BCUT2D eigenvalue weighted by Crippen LogP contribution is 2.18. The van der Waals surface area contributed by atoms with Gasteiger partial charge in [0.2, 0.25) is 0 Å². The third kappa shape index (κ3) is 4.62. The van der Waals surface area contributed by atoms with Gasteiger partial charge in [-0.05, 0) is 51.4 Å². The van der Waals surface area contributed by atoms with Gasteiger partial charge < -0.3 is 10.2 Å². The summed E-state index contributed by atoms with van der Waals surface area (Å²) in [6.07, 6.45) is 4.03. The van der Waals surface area contributed by atoms with Crippen LogP contribution in [0.15, 0.2) is 18.3 Å². The van der Waals surface area contributed by atoms with Crippen molar-refractivity contribution in [2.45, 2.75) is 19.8 Å². The van der Waals surface area contributed by atoms with E-state index in [4.69, 9.17) is 0 Å². The zero-order valence-electron chi connectivity index (χ0n) is 12.0. The first-order valence-electron chi connectivity index (χ1n) is 6.58. The van der Waals surface area contributed by atoms with Gasteiger partial charge in [0.05, 0.1) is 5.56 Å². The summed E-state index contributed by atoms with van der Waals surface area (Å²) in [5, 5.41) is 3.20. The molecule has 1 aliphatic rings. The second-order valence-corrected chi connectivity index (χ2v) is 4.95. The summed E-state index contributed by atoms with van der Waals surface area (Å²) in [6, 6.07) is 3.70. The topological polar surface area (TPSA) is 45.2 Å². The van der Waals surface area contributed by atoms with Crippen molar-refractivity contribution in [1.29, 1.82) is 0 Å². The summed E-state index contributed by atoms with van der Waals surface area (Å²) in [4.78, 5) is 18.6. The minimum Gasteiger partial charge on any atom is -0.338 e. The Balaban J connectivity index is 0.00000180. The number of carbonyl (C=O) groups is 1. The van der Waals surface area contributed by atoms with Crippen molar-refractivity contribution >= 4 is 30.7 Å². The van der Waals surface area contributed by atoms with Crippen molar-refractivity contribution in [2.24, 2.45) is 5.92 Å². The van der Waals surface area contributed by atoms with Crippen molar-refractivity contribution in [1.82, 2.24) is 15.2 Å². The Morgan fingerprint density at radius 1 is 1.50 bits per heavy atom. The number of amides is 1. The SMILES string of the molecule is CNCC1CCCN(C(=O)c2cccnc2C)C1.Cl.Cl. The van der Waals surface area contributed by atoms with Crippen molar-refractivity contribution in [3.05, 3.63) is 29.6 Å². The first-order chi connectivity index (χ1) is 8.72.